The van der Waals surface area contributed by atoms with Crippen LogP contribution in [0.3, 0.4) is 0 Å². The summed E-state index contributed by atoms with van der Waals surface area (Å²) in [4.78, 5) is 27.1. The van der Waals surface area contributed by atoms with Crippen LogP contribution in [0, 0.1) is 11.3 Å². The molecule has 140 valence electrons. The Labute approximate surface area is 152 Å². The molecule has 0 unspecified atom stereocenters. The molecule has 0 saturated heterocycles. The molecule has 0 heterocycles. The minimum atomic E-state index is -1.12. The lowest BCUT2D eigenvalue weighted by Gasteiger charge is -2.24. The number of amides is 2. The molecule has 0 aliphatic heterocycles. The Morgan fingerprint density at radius 2 is 1.60 bits per heavy atom. The lowest BCUT2D eigenvalue weighted by molar-refractivity contribution is -0.138. The van der Waals surface area contributed by atoms with Crippen molar-refractivity contribution in [3.8, 4) is 0 Å². The molecule has 0 atom stereocenters. The maximum absolute atomic E-state index is 12.5. The van der Waals surface area contributed by atoms with Crippen LogP contribution in [0.15, 0.2) is 24.3 Å². The van der Waals surface area contributed by atoms with Crippen LogP contribution in [-0.4, -0.2) is 31.4 Å². The molecule has 2 N–H and O–H groups in total. The van der Waals surface area contributed by atoms with Gasteiger partial charge in [0.2, 0.25) is 11.8 Å². The molecule has 1 aromatic carbocycles. The largest absolute Gasteiger partial charge is 0.372 e. The third-order valence-electron chi connectivity index (χ3n) is 4.40. The van der Waals surface area contributed by atoms with Gasteiger partial charge in [0.1, 0.15) is 5.41 Å². The summed E-state index contributed by atoms with van der Waals surface area (Å²) in [7, 11) is 0. The highest BCUT2D eigenvalue weighted by atomic mass is 16.2. The minimum absolute atomic E-state index is 0.245. The van der Waals surface area contributed by atoms with Gasteiger partial charge in [0.05, 0.1) is 0 Å². The molecule has 0 aliphatic carbocycles. The molecule has 0 bridgehead atoms. The number of anilines is 2. The van der Waals surface area contributed by atoms with Gasteiger partial charge in [-0.15, -0.1) is 0 Å². The van der Waals surface area contributed by atoms with Gasteiger partial charge >= 0.3 is 0 Å². The van der Waals surface area contributed by atoms with Crippen molar-refractivity contribution in [3.63, 3.8) is 0 Å². The summed E-state index contributed by atoms with van der Waals surface area (Å²) in [5.74, 6) is -0.0305. The van der Waals surface area contributed by atoms with E-state index in [2.05, 4.69) is 43.2 Å². The predicted octanol–water partition coefficient (Wildman–Crippen LogP) is 3.66. The van der Waals surface area contributed by atoms with E-state index in [1.54, 1.807) is 13.8 Å². The summed E-state index contributed by atoms with van der Waals surface area (Å²) in [5, 5.41) is 5.70. The van der Waals surface area contributed by atoms with Gasteiger partial charge < -0.3 is 15.5 Å². The van der Waals surface area contributed by atoms with E-state index in [-0.39, 0.29) is 11.8 Å². The van der Waals surface area contributed by atoms with Crippen LogP contribution in [0.5, 0.6) is 0 Å². The van der Waals surface area contributed by atoms with E-state index in [1.165, 1.54) is 0 Å². The Morgan fingerprint density at radius 1 is 1.04 bits per heavy atom. The minimum Gasteiger partial charge on any atom is -0.372 e. The normalized spacial score (nSPS) is 11.3. The molecular weight excluding hydrogens is 314 g/mol. The molecule has 5 heteroatoms. The standard InChI is InChI=1S/C20H33N3O2/c1-7-23(8-2)17-11-9-16(10-12-17)22-19(25)20(5,6)18(24)21-14-13-15(3)4/h9-12,15H,7-8,13-14H2,1-6H3,(H,21,24)(H,22,25). The number of hydrogen-bond donors (Lipinski definition) is 2. The zero-order valence-electron chi connectivity index (χ0n) is 16.5. The Bertz CT molecular complexity index is 561. The molecule has 1 rings (SSSR count). The zero-order valence-corrected chi connectivity index (χ0v) is 16.5. The van der Waals surface area contributed by atoms with E-state index < -0.39 is 5.41 Å². The predicted molar refractivity (Wildman–Crippen MR) is 105 cm³/mol. The molecule has 1 aromatic rings. The lowest BCUT2D eigenvalue weighted by atomic mass is 9.90. The second-order valence-corrected chi connectivity index (χ2v) is 7.24. The number of nitrogens with one attached hydrogen (secondary N) is 2. The first-order chi connectivity index (χ1) is 11.7. The summed E-state index contributed by atoms with van der Waals surface area (Å²) in [6.07, 6.45) is 0.899. The Hall–Kier alpha value is -2.04. The van der Waals surface area contributed by atoms with Gasteiger partial charge in [-0.3, -0.25) is 9.59 Å². The fraction of sp³-hybridized carbons (Fsp3) is 0.600. The molecule has 5 nitrogen and oxygen atoms in total. The molecule has 0 spiro atoms. The van der Waals surface area contributed by atoms with Gasteiger partial charge in [-0.1, -0.05) is 13.8 Å². The Kier molecular flexibility index (Phi) is 7.94. The molecule has 2 amide bonds. The van der Waals surface area contributed by atoms with Gasteiger partial charge in [-0.25, -0.2) is 0 Å². The first-order valence-electron chi connectivity index (χ1n) is 9.17. The average molecular weight is 348 g/mol. The molecule has 0 fully saturated rings. The van der Waals surface area contributed by atoms with Crippen molar-refractivity contribution in [2.45, 2.75) is 48.0 Å². The van der Waals surface area contributed by atoms with Crippen LogP contribution < -0.4 is 15.5 Å². The highest BCUT2D eigenvalue weighted by molar-refractivity contribution is 6.09. The van der Waals surface area contributed by atoms with Gasteiger partial charge in [-0.2, -0.15) is 0 Å². The van der Waals surface area contributed by atoms with Gasteiger partial charge in [0, 0.05) is 31.0 Å². The van der Waals surface area contributed by atoms with Gasteiger partial charge in [-0.05, 0) is 64.3 Å². The Morgan fingerprint density at radius 3 is 2.08 bits per heavy atom. The highest BCUT2D eigenvalue weighted by Gasteiger charge is 2.35. The first-order valence-corrected chi connectivity index (χ1v) is 9.17. The van der Waals surface area contributed by atoms with E-state index in [9.17, 15) is 9.59 Å². The third-order valence-corrected chi connectivity index (χ3v) is 4.40. The second kappa shape index (κ2) is 9.44. The van der Waals surface area contributed by atoms with Crippen LogP contribution >= 0.6 is 0 Å². The Balaban J connectivity index is 2.68. The zero-order chi connectivity index (χ0) is 19.0. The van der Waals surface area contributed by atoms with Crippen LogP contribution in [0.1, 0.15) is 48.0 Å². The topological polar surface area (TPSA) is 61.4 Å². The van der Waals surface area contributed by atoms with Crippen molar-refractivity contribution >= 4 is 23.2 Å². The number of benzene rings is 1. The summed E-state index contributed by atoms with van der Waals surface area (Å²) < 4.78 is 0. The molecule has 0 aliphatic rings. The fourth-order valence-corrected chi connectivity index (χ4v) is 2.43. The average Bonchev–Trinajstić information content (AvgIpc) is 2.56. The second-order valence-electron chi connectivity index (χ2n) is 7.24. The van der Waals surface area contributed by atoms with E-state index in [4.69, 9.17) is 0 Å². The lowest BCUT2D eigenvalue weighted by Crippen LogP contribution is -2.45. The van der Waals surface area contributed by atoms with E-state index in [1.807, 2.05) is 24.3 Å². The number of hydrogen-bond acceptors (Lipinski definition) is 3. The molecule has 25 heavy (non-hydrogen) atoms. The van der Waals surface area contributed by atoms with E-state index >= 15 is 0 Å². The number of carbonyl (C=O) groups excluding carboxylic acids is 2. The van der Waals surface area contributed by atoms with Crippen molar-refractivity contribution in [3.05, 3.63) is 24.3 Å². The van der Waals surface area contributed by atoms with Crippen LogP contribution in [0.25, 0.3) is 0 Å². The molecular formula is C20H33N3O2. The van der Waals surface area contributed by atoms with Crippen LogP contribution in [0.2, 0.25) is 0 Å². The highest BCUT2D eigenvalue weighted by Crippen LogP contribution is 2.22. The van der Waals surface area contributed by atoms with Crippen molar-refractivity contribution in [2.24, 2.45) is 11.3 Å². The van der Waals surface area contributed by atoms with Crippen molar-refractivity contribution in [1.29, 1.82) is 0 Å². The maximum atomic E-state index is 12.5. The smallest absolute Gasteiger partial charge is 0.239 e. The van der Waals surface area contributed by atoms with Gasteiger partial charge in [0.25, 0.3) is 0 Å². The summed E-state index contributed by atoms with van der Waals surface area (Å²) in [5.41, 5.74) is 0.701. The summed E-state index contributed by atoms with van der Waals surface area (Å²) in [6, 6.07) is 7.72. The molecule has 0 saturated carbocycles. The summed E-state index contributed by atoms with van der Waals surface area (Å²) in [6.45, 7) is 14.2. The van der Waals surface area contributed by atoms with Crippen molar-refractivity contribution < 1.29 is 9.59 Å². The number of carbonyl (C=O) groups is 2. The molecule has 0 radical (unpaired) electrons. The van der Waals surface area contributed by atoms with Crippen molar-refractivity contribution in [1.82, 2.24) is 5.32 Å². The monoisotopic (exact) mass is 347 g/mol. The fourth-order valence-electron chi connectivity index (χ4n) is 2.43. The van der Waals surface area contributed by atoms with E-state index in [0.29, 0.717) is 18.2 Å². The van der Waals surface area contributed by atoms with Crippen molar-refractivity contribution in [2.75, 3.05) is 29.9 Å². The first kappa shape index (κ1) is 21.0. The maximum Gasteiger partial charge on any atom is 0.239 e. The number of rotatable bonds is 9. The third kappa shape index (κ3) is 6.07. The SMILES string of the molecule is CCN(CC)c1ccc(NC(=O)C(C)(C)C(=O)NCCC(C)C)cc1. The summed E-state index contributed by atoms with van der Waals surface area (Å²) >= 11 is 0. The quantitative estimate of drug-likeness (QED) is 0.670. The number of nitrogens with zero attached hydrogens (tertiary/aromatic N) is 1. The van der Waals surface area contributed by atoms with Crippen LogP contribution in [0.4, 0.5) is 11.4 Å². The van der Waals surface area contributed by atoms with Crippen LogP contribution in [-0.2, 0) is 9.59 Å². The van der Waals surface area contributed by atoms with Gasteiger partial charge in [0.15, 0.2) is 0 Å². The molecule has 0 aromatic heterocycles. The van der Waals surface area contributed by atoms with E-state index in [0.717, 1.165) is 25.2 Å².